The van der Waals surface area contributed by atoms with Gasteiger partial charge in [-0.25, -0.2) is 0 Å². The van der Waals surface area contributed by atoms with Gasteiger partial charge in [-0.05, 0) is 35.7 Å². The molecule has 1 unspecified atom stereocenters. The summed E-state index contributed by atoms with van der Waals surface area (Å²) in [6.45, 7) is 7.17. The lowest BCUT2D eigenvalue weighted by molar-refractivity contribution is 0.162. The standard InChI is InChI=1S/C18H25NO2/c1-18(2,3)14-8-6-13(7-9-14)17(19-4)16-11-10-15(21-16)12-20-5/h6-11,17,19H,12H2,1-5H3. The molecule has 1 atom stereocenters. The lowest BCUT2D eigenvalue weighted by atomic mass is 9.86. The van der Waals surface area contributed by atoms with Crippen molar-refractivity contribution in [3.05, 3.63) is 59.0 Å². The Bertz CT molecular complexity index is 564. The third-order valence-corrected chi connectivity index (χ3v) is 3.65. The average molecular weight is 287 g/mol. The van der Waals surface area contributed by atoms with Crippen LogP contribution in [0, 0.1) is 0 Å². The van der Waals surface area contributed by atoms with E-state index < -0.39 is 0 Å². The molecule has 1 heterocycles. The maximum Gasteiger partial charge on any atom is 0.129 e. The molecule has 0 aliphatic carbocycles. The number of methoxy groups -OCH3 is 1. The van der Waals surface area contributed by atoms with Gasteiger partial charge in [0, 0.05) is 7.11 Å². The number of rotatable bonds is 5. The predicted octanol–water partition coefficient (Wildman–Crippen LogP) is 4.03. The van der Waals surface area contributed by atoms with Crippen LogP contribution in [0.1, 0.15) is 49.5 Å². The Kier molecular flexibility index (Phi) is 4.86. The molecule has 0 bridgehead atoms. The Balaban J connectivity index is 2.24. The van der Waals surface area contributed by atoms with Crippen molar-refractivity contribution < 1.29 is 9.15 Å². The summed E-state index contributed by atoms with van der Waals surface area (Å²) in [5.74, 6) is 1.76. The smallest absolute Gasteiger partial charge is 0.129 e. The first-order valence-electron chi connectivity index (χ1n) is 7.31. The monoisotopic (exact) mass is 287 g/mol. The third-order valence-electron chi connectivity index (χ3n) is 3.65. The Morgan fingerprint density at radius 3 is 2.29 bits per heavy atom. The van der Waals surface area contributed by atoms with Crippen molar-refractivity contribution in [2.24, 2.45) is 0 Å². The minimum Gasteiger partial charge on any atom is -0.462 e. The summed E-state index contributed by atoms with van der Waals surface area (Å²) in [6, 6.07) is 12.8. The molecule has 0 saturated heterocycles. The van der Waals surface area contributed by atoms with E-state index >= 15 is 0 Å². The van der Waals surface area contributed by atoms with Gasteiger partial charge in [0.2, 0.25) is 0 Å². The molecule has 2 rings (SSSR count). The van der Waals surface area contributed by atoms with Crippen molar-refractivity contribution >= 4 is 0 Å². The average Bonchev–Trinajstić information content (AvgIpc) is 2.88. The van der Waals surface area contributed by atoms with Crippen molar-refractivity contribution in [3.63, 3.8) is 0 Å². The van der Waals surface area contributed by atoms with Crippen LogP contribution in [0.25, 0.3) is 0 Å². The Hall–Kier alpha value is -1.58. The van der Waals surface area contributed by atoms with Gasteiger partial charge in [-0.2, -0.15) is 0 Å². The molecule has 114 valence electrons. The van der Waals surface area contributed by atoms with E-state index in [1.807, 2.05) is 19.2 Å². The van der Waals surface area contributed by atoms with Crippen molar-refractivity contribution in [1.82, 2.24) is 5.32 Å². The molecule has 3 nitrogen and oxygen atoms in total. The predicted molar refractivity (Wildman–Crippen MR) is 85.5 cm³/mol. The molecule has 0 saturated carbocycles. The molecule has 1 N–H and O–H groups in total. The fourth-order valence-corrected chi connectivity index (χ4v) is 2.42. The molecule has 0 radical (unpaired) electrons. The summed E-state index contributed by atoms with van der Waals surface area (Å²) < 4.78 is 10.9. The van der Waals surface area contributed by atoms with Gasteiger partial charge in [0.1, 0.15) is 18.1 Å². The van der Waals surface area contributed by atoms with Gasteiger partial charge < -0.3 is 14.5 Å². The number of ether oxygens (including phenoxy) is 1. The number of furan rings is 1. The second-order valence-electron chi connectivity index (χ2n) is 6.33. The van der Waals surface area contributed by atoms with Gasteiger partial charge in [-0.1, -0.05) is 45.0 Å². The molecule has 0 fully saturated rings. The van der Waals surface area contributed by atoms with Crippen LogP contribution in [0.2, 0.25) is 0 Å². The topological polar surface area (TPSA) is 34.4 Å². The zero-order chi connectivity index (χ0) is 15.5. The maximum absolute atomic E-state index is 5.84. The lowest BCUT2D eigenvalue weighted by Gasteiger charge is -2.21. The summed E-state index contributed by atoms with van der Waals surface area (Å²) in [5, 5.41) is 3.31. The molecule has 1 aromatic carbocycles. The summed E-state index contributed by atoms with van der Waals surface area (Å²) in [5.41, 5.74) is 2.70. The summed E-state index contributed by atoms with van der Waals surface area (Å²) in [6.07, 6.45) is 0. The van der Waals surface area contributed by atoms with Crippen LogP contribution in [0.5, 0.6) is 0 Å². The minimum absolute atomic E-state index is 0.0598. The molecule has 0 aliphatic heterocycles. The quantitative estimate of drug-likeness (QED) is 0.901. The van der Waals surface area contributed by atoms with E-state index in [9.17, 15) is 0 Å². The van der Waals surface area contributed by atoms with Gasteiger partial charge in [0.25, 0.3) is 0 Å². The largest absolute Gasteiger partial charge is 0.462 e. The summed E-state index contributed by atoms with van der Waals surface area (Å²) in [7, 11) is 3.61. The zero-order valence-electron chi connectivity index (χ0n) is 13.6. The van der Waals surface area contributed by atoms with Gasteiger partial charge in [0.05, 0.1) is 6.04 Å². The normalized spacial score (nSPS) is 13.4. The van der Waals surface area contributed by atoms with Crippen LogP contribution in [0.4, 0.5) is 0 Å². The van der Waals surface area contributed by atoms with Gasteiger partial charge in [-0.3, -0.25) is 0 Å². The Labute approximate surface area is 127 Å². The lowest BCUT2D eigenvalue weighted by Crippen LogP contribution is -2.17. The van der Waals surface area contributed by atoms with Crippen molar-refractivity contribution in [2.45, 2.75) is 38.8 Å². The second kappa shape index (κ2) is 6.46. The molecule has 3 heteroatoms. The van der Waals surface area contributed by atoms with Crippen molar-refractivity contribution in [3.8, 4) is 0 Å². The molecule has 21 heavy (non-hydrogen) atoms. The molecule has 0 aliphatic rings. The highest BCUT2D eigenvalue weighted by molar-refractivity contribution is 5.32. The van der Waals surface area contributed by atoms with Crippen molar-refractivity contribution in [1.29, 1.82) is 0 Å². The van der Waals surface area contributed by atoms with Crippen LogP contribution in [-0.4, -0.2) is 14.2 Å². The van der Waals surface area contributed by atoms with Gasteiger partial charge >= 0.3 is 0 Å². The van der Waals surface area contributed by atoms with E-state index in [0.29, 0.717) is 6.61 Å². The second-order valence-corrected chi connectivity index (χ2v) is 6.33. The highest BCUT2D eigenvalue weighted by atomic mass is 16.5. The number of hydrogen-bond donors (Lipinski definition) is 1. The molecular weight excluding hydrogens is 262 g/mol. The summed E-state index contributed by atoms with van der Waals surface area (Å²) in [4.78, 5) is 0. The van der Waals surface area contributed by atoms with Gasteiger partial charge in [-0.15, -0.1) is 0 Å². The Morgan fingerprint density at radius 1 is 1.10 bits per heavy atom. The van der Waals surface area contributed by atoms with Crippen LogP contribution in [0.15, 0.2) is 40.8 Å². The minimum atomic E-state index is 0.0598. The third kappa shape index (κ3) is 3.74. The molecule has 1 aromatic heterocycles. The first kappa shape index (κ1) is 15.8. The van der Waals surface area contributed by atoms with Crippen LogP contribution in [0.3, 0.4) is 0 Å². The van der Waals surface area contributed by atoms with E-state index in [1.54, 1.807) is 7.11 Å². The van der Waals surface area contributed by atoms with E-state index in [0.717, 1.165) is 11.5 Å². The van der Waals surface area contributed by atoms with E-state index in [4.69, 9.17) is 9.15 Å². The first-order valence-corrected chi connectivity index (χ1v) is 7.31. The number of nitrogens with one attached hydrogen (secondary N) is 1. The number of hydrogen-bond acceptors (Lipinski definition) is 3. The van der Waals surface area contributed by atoms with E-state index in [-0.39, 0.29) is 11.5 Å². The van der Waals surface area contributed by atoms with Crippen molar-refractivity contribution in [2.75, 3.05) is 14.2 Å². The highest BCUT2D eigenvalue weighted by Crippen LogP contribution is 2.27. The number of benzene rings is 1. The van der Waals surface area contributed by atoms with Crippen LogP contribution < -0.4 is 5.32 Å². The van der Waals surface area contributed by atoms with Gasteiger partial charge in [0.15, 0.2) is 0 Å². The van der Waals surface area contributed by atoms with Crippen LogP contribution in [-0.2, 0) is 16.8 Å². The van der Waals surface area contributed by atoms with E-state index in [2.05, 4.69) is 50.4 Å². The molecular formula is C18H25NO2. The first-order chi connectivity index (χ1) is 9.95. The van der Waals surface area contributed by atoms with E-state index in [1.165, 1.54) is 11.1 Å². The highest BCUT2D eigenvalue weighted by Gasteiger charge is 2.18. The van der Waals surface area contributed by atoms with Crippen LogP contribution >= 0.6 is 0 Å². The summed E-state index contributed by atoms with van der Waals surface area (Å²) >= 11 is 0. The molecule has 0 amide bonds. The molecule has 0 spiro atoms. The fourth-order valence-electron chi connectivity index (χ4n) is 2.42. The fraction of sp³-hybridized carbons (Fsp3) is 0.444. The Morgan fingerprint density at radius 2 is 1.76 bits per heavy atom. The molecule has 2 aromatic rings. The SMILES string of the molecule is CNC(c1ccc(C(C)(C)C)cc1)c1ccc(COC)o1. The maximum atomic E-state index is 5.84. The zero-order valence-corrected chi connectivity index (χ0v) is 13.6.